The van der Waals surface area contributed by atoms with E-state index in [0.717, 1.165) is 48.6 Å². The van der Waals surface area contributed by atoms with Gasteiger partial charge >= 0.3 is 0 Å². The van der Waals surface area contributed by atoms with Gasteiger partial charge in [-0.1, -0.05) is 30.2 Å². The van der Waals surface area contributed by atoms with Crippen LogP contribution in [0.5, 0.6) is 0 Å². The number of aromatic nitrogens is 2. The van der Waals surface area contributed by atoms with Crippen LogP contribution in [0.4, 0.5) is 0 Å². The number of likely N-dealkylation sites (tertiary alicyclic amines) is 1. The maximum Gasteiger partial charge on any atom is 0.272 e. The molecule has 4 rings (SSSR count). The number of carbonyl (C=O) groups excluding carboxylic acids is 1. The van der Waals surface area contributed by atoms with E-state index in [1.165, 1.54) is 24.8 Å². The lowest BCUT2D eigenvalue weighted by molar-refractivity contribution is 0.0918. The van der Waals surface area contributed by atoms with Gasteiger partial charge in [-0.2, -0.15) is 5.10 Å². The molecule has 2 N–H and O–H groups in total. The summed E-state index contributed by atoms with van der Waals surface area (Å²) < 4.78 is 0. The lowest BCUT2D eigenvalue weighted by Gasteiger charge is -2.35. The fourth-order valence-corrected chi connectivity index (χ4v) is 4.28. The third-order valence-electron chi connectivity index (χ3n) is 5.56. The maximum absolute atomic E-state index is 12.7. The highest BCUT2D eigenvalue weighted by atomic mass is 35.5. The Morgan fingerprint density at radius 2 is 1.92 bits per heavy atom. The number of amides is 1. The molecule has 0 bridgehead atoms. The molecule has 1 aromatic carbocycles. The van der Waals surface area contributed by atoms with Gasteiger partial charge in [-0.25, -0.2) is 0 Å². The predicted molar refractivity (Wildman–Crippen MR) is 103 cm³/mol. The molecule has 2 aromatic rings. The molecule has 1 amide bonds. The standard InChI is InChI=1S/C20H25ClN4O/c21-15-9-7-14(8-10-15)18(25-11-2-1-3-12-25)13-22-20(26)19-16-5-4-6-17(16)23-24-19/h7-10,18H,1-6,11-13H2,(H,22,26)(H,23,24)/t18-/m0/s1. The number of nitrogens with one attached hydrogen (secondary N) is 2. The van der Waals surface area contributed by atoms with Crippen LogP contribution >= 0.6 is 11.6 Å². The molecule has 1 aromatic heterocycles. The zero-order valence-corrected chi connectivity index (χ0v) is 15.7. The Morgan fingerprint density at radius 3 is 2.69 bits per heavy atom. The fourth-order valence-electron chi connectivity index (χ4n) is 4.15. The number of fused-ring (bicyclic) bond motifs is 1. The van der Waals surface area contributed by atoms with E-state index in [2.05, 4.69) is 32.5 Å². The van der Waals surface area contributed by atoms with E-state index in [-0.39, 0.29) is 11.9 Å². The number of piperidine rings is 1. The molecule has 1 atom stereocenters. The number of aromatic amines is 1. The minimum Gasteiger partial charge on any atom is -0.349 e. The van der Waals surface area contributed by atoms with Gasteiger partial charge in [-0.15, -0.1) is 0 Å². The summed E-state index contributed by atoms with van der Waals surface area (Å²) in [4.78, 5) is 15.2. The third-order valence-corrected chi connectivity index (χ3v) is 5.82. The van der Waals surface area contributed by atoms with Crippen molar-refractivity contribution in [1.29, 1.82) is 0 Å². The Bertz CT molecular complexity index is 765. The quantitative estimate of drug-likeness (QED) is 0.844. The average molecular weight is 373 g/mol. The molecule has 2 aliphatic rings. The second-order valence-electron chi connectivity index (χ2n) is 7.26. The molecule has 6 heteroatoms. The second-order valence-corrected chi connectivity index (χ2v) is 7.69. The molecule has 1 aliphatic carbocycles. The van der Waals surface area contributed by atoms with E-state index in [1.807, 2.05) is 12.1 Å². The molecule has 1 saturated heterocycles. The molecular formula is C20H25ClN4O. The number of H-pyrrole nitrogens is 1. The lowest BCUT2D eigenvalue weighted by Crippen LogP contribution is -2.40. The molecule has 1 aliphatic heterocycles. The first kappa shape index (κ1) is 17.6. The number of rotatable bonds is 5. The maximum atomic E-state index is 12.7. The van der Waals surface area contributed by atoms with Crippen LogP contribution in [0.25, 0.3) is 0 Å². The van der Waals surface area contributed by atoms with Gasteiger partial charge < -0.3 is 5.32 Å². The summed E-state index contributed by atoms with van der Waals surface area (Å²) in [6, 6.07) is 8.16. The largest absolute Gasteiger partial charge is 0.349 e. The summed E-state index contributed by atoms with van der Waals surface area (Å²) in [5, 5.41) is 11.1. The van der Waals surface area contributed by atoms with Crippen LogP contribution < -0.4 is 5.32 Å². The summed E-state index contributed by atoms with van der Waals surface area (Å²) in [6.45, 7) is 2.73. The van der Waals surface area contributed by atoms with Gasteiger partial charge in [-0.05, 0) is 62.9 Å². The van der Waals surface area contributed by atoms with Crippen molar-refractivity contribution in [3.05, 3.63) is 51.8 Å². The number of aryl methyl sites for hydroxylation is 1. The van der Waals surface area contributed by atoms with Crippen LogP contribution in [0.3, 0.4) is 0 Å². The Morgan fingerprint density at radius 1 is 1.15 bits per heavy atom. The van der Waals surface area contributed by atoms with Crippen LogP contribution in [0, 0.1) is 0 Å². The number of hydrogen-bond donors (Lipinski definition) is 2. The topological polar surface area (TPSA) is 61.0 Å². The van der Waals surface area contributed by atoms with E-state index in [1.54, 1.807) is 0 Å². The first-order chi connectivity index (χ1) is 12.7. The SMILES string of the molecule is O=C(NC[C@@H](c1ccc(Cl)cc1)N1CCCCC1)c1n[nH]c2c1CCC2. The van der Waals surface area contributed by atoms with Gasteiger partial charge in [-0.3, -0.25) is 14.8 Å². The van der Waals surface area contributed by atoms with Crippen molar-refractivity contribution < 1.29 is 4.79 Å². The van der Waals surface area contributed by atoms with E-state index >= 15 is 0 Å². The van der Waals surface area contributed by atoms with E-state index in [0.29, 0.717) is 12.2 Å². The van der Waals surface area contributed by atoms with Crippen LogP contribution in [0.15, 0.2) is 24.3 Å². The van der Waals surface area contributed by atoms with Crippen molar-refractivity contribution in [2.45, 2.75) is 44.6 Å². The van der Waals surface area contributed by atoms with Crippen molar-refractivity contribution in [1.82, 2.24) is 20.4 Å². The summed E-state index contributed by atoms with van der Waals surface area (Å²) >= 11 is 6.06. The highest BCUT2D eigenvalue weighted by molar-refractivity contribution is 6.30. The normalized spacial score (nSPS) is 18.5. The van der Waals surface area contributed by atoms with Crippen molar-refractivity contribution in [2.75, 3.05) is 19.6 Å². The minimum atomic E-state index is -0.0691. The van der Waals surface area contributed by atoms with Gasteiger partial charge in [0.2, 0.25) is 0 Å². The van der Waals surface area contributed by atoms with Crippen molar-refractivity contribution in [2.24, 2.45) is 0 Å². The Kier molecular flexibility index (Phi) is 5.27. The molecule has 138 valence electrons. The van der Waals surface area contributed by atoms with Gasteiger partial charge in [0.05, 0.1) is 6.04 Å². The summed E-state index contributed by atoms with van der Waals surface area (Å²) in [7, 11) is 0. The number of nitrogens with zero attached hydrogens (tertiary/aromatic N) is 2. The molecule has 26 heavy (non-hydrogen) atoms. The van der Waals surface area contributed by atoms with Crippen LogP contribution in [0.2, 0.25) is 5.02 Å². The first-order valence-electron chi connectivity index (χ1n) is 9.56. The smallest absolute Gasteiger partial charge is 0.272 e. The molecule has 0 radical (unpaired) electrons. The first-order valence-corrected chi connectivity index (χ1v) is 9.94. The van der Waals surface area contributed by atoms with Gasteiger partial charge in [0, 0.05) is 22.8 Å². The Hall–Kier alpha value is -1.85. The zero-order chi connectivity index (χ0) is 17.9. The van der Waals surface area contributed by atoms with E-state index < -0.39 is 0 Å². The number of hydrogen-bond acceptors (Lipinski definition) is 3. The highest BCUT2D eigenvalue weighted by Crippen LogP contribution is 2.26. The number of halogens is 1. The number of carbonyl (C=O) groups is 1. The summed E-state index contributed by atoms with van der Waals surface area (Å²) in [5.41, 5.74) is 4.00. The van der Waals surface area contributed by atoms with E-state index in [9.17, 15) is 4.79 Å². The third kappa shape index (κ3) is 3.64. The Labute approximate surface area is 159 Å². The summed E-state index contributed by atoms with van der Waals surface area (Å²) in [5.74, 6) is -0.0691. The Balaban J connectivity index is 1.48. The molecule has 1 fully saturated rings. The van der Waals surface area contributed by atoms with Crippen molar-refractivity contribution in [3.8, 4) is 0 Å². The van der Waals surface area contributed by atoms with Gasteiger partial charge in [0.1, 0.15) is 0 Å². The lowest BCUT2D eigenvalue weighted by atomic mass is 10.0. The van der Waals surface area contributed by atoms with Crippen LogP contribution in [0.1, 0.15) is 59.0 Å². The number of benzene rings is 1. The molecule has 5 nitrogen and oxygen atoms in total. The summed E-state index contributed by atoms with van der Waals surface area (Å²) in [6.07, 6.45) is 6.76. The minimum absolute atomic E-state index is 0.0691. The molecule has 0 spiro atoms. The average Bonchev–Trinajstić information content (AvgIpc) is 3.27. The highest BCUT2D eigenvalue weighted by Gasteiger charge is 2.26. The van der Waals surface area contributed by atoms with Crippen LogP contribution in [-0.4, -0.2) is 40.6 Å². The zero-order valence-electron chi connectivity index (χ0n) is 14.9. The second kappa shape index (κ2) is 7.80. The van der Waals surface area contributed by atoms with Crippen LogP contribution in [-0.2, 0) is 12.8 Å². The van der Waals surface area contributed by atoms with E-state index in [4.69, 9.17) is 11.6 Å². The fraction of sp³-hybridized carbons (Fsp3) is 0.500. The molecule has 2 heterocycles. The molecule has 0 saturated carbocycles. The van der Waals surface area contributed by atoms with Crippen molar-refractivity contribution >= 4 is 17.5 Å². The molecular weight excluding hydrogens is 348 g/mol. The molecule has 0 unspecified atom stereocenters. The monoisotopic (exact) mass is 372 g/mol. The predicted octanol–water partition coefficient (Wildman–Crippen LogP) is 3.51. The van der Waals surface area contributed by atoms with Gasteiger partial charge in [0.25, 0.3) is 5.91 Å². The van der Waals surface area contributed by atoms with Crippen molar-refractivity contribution in [3.63, 3.8) is 0 Å². The van der Waals surface area contributed by atoms with Gasteiger partial charge in [0.15, 0.2) is 5.69 Å².